The number of aromatic nitrogens is 2. The highest BCUT2D eigenvalue weighted by Crippen LogP contribution is 2.44. The van der Waals surface area contributed by atoms with Crippen molar-refractivity contribution in [2.75, 3.05) is 0 Å². The smallest absolute Gasteiger partial charge is 0.128 e. The summed E-state index contributed by atoms with van der Waals surface area (Å²) in [5, 5.41) is 11.8. The van der Waals surface area contributed by atoms with Crippen LogP contribution in [0.15, 0.2) is 69.3 Å². The van der Waals surface area contributed by atoms with E-state index in [4.69, 9.17) is 0 Å². The summed E-state index contributed by atoms with van der Waals surface area (Å²) in [6.45, 7) is 0. The predicted molar refractivity (Wildman–Crippen MR) is 119 cm³/mol. The van der Waals surface area contributed by atoms with E-state index in [9.17, 15) is 5.11 Å². The number of fused-ring (bicyclic) bond motifs is 3. The summed E-state index contributed by atoms with van der Waals surface area (Å²) in [5.74, 6) is 0.823. The maximum atomic E-state index is 9.56. The summed E-state index contributed by atoms with van der Waals surface area (Å²) < 4.78 is 1.08. The van der Waals surface area contributed by atoms with E-state index >= 15 is 0 Å². The van der Waals surface area contributed by atoms with E-state index in [1.54, 1.807) is 30.2 Å². The molecule has 0 fully saturated rings. The number of rotatable bonds is 3. The molecule has 0 saturated heterocycles. The van der Waals surface area contributed by atoms with Crippen molar-refractivity contribution in [3.8, 4) is 5.75 Å². The number of benzene rings is 2. The molecule has 6 heteroatoms. The number of hydrogen-bond acceptors (Lipinski definition) is 5. The Hall–Kier alpha value is -1.89. The molecular weight excluding hydrogens is 452 g/mol. The number of aryl methyl sites for hydroxylation is 1. The topological polar surface area (TPSA) is 46.0 Å². The third-order valence-corrected chi connectivity index (χ3v) is 7.90. The first-order valence-corrected chi connectivity index (χ1v) is 11.6. The lowest BCUT2D eigenvalue weighted by molar-refractivity contribution is 0.474. The first kappa shape index (κ1) is 18.2. The average molecular weight is 469 g/mol. The molecule has 2 heterocycles. The molecule has 28 heavy (non-hydrogen) atoms. The van der Waals surface area contributed by atoms with Crippen LogP contribution >= 0.6 is 39.0 Å². The molecule has 0 radical (unpaired) electrons. The van der Waals surface area contributed by atoms with Gasteiger partial charge < -0.3 is 5.11 Å². The van der Waals surface area contributed by atoms with Crippen LogP contribution in [-0.4, -0.2) is 15.1 Å². The Balaban J connectivity index is 1.49. The fraction of sp³-hybridized carbons (Fsp3) is 0.182. The van der Waals surface area contributed by atoms with Crippen LogP contribution in [0.4, 0.5) is 0 Å². The molecule has 0 spiro atoms. The van der Waals surface area contributed by atoms with Gasteiger partial charge in [-0.15, -0.1) is 11.3 Å². The van der Waals surface area contributed by atoms with Crippen molar-refractivity contribution in [3.05, 3.63) is 75.3 Å². The van der Waals surface area contributed by atoms with Crippen molar-refractivity contribution in [1.82, 2.24) is 9.97 Å². The minimum atomic E-state index is 0.326. The number of hydrogen-bond donors (Lipinski definition) is 1. The van der Waals surface area contributed by atoms with E-state index in [1.165, 1.54) is 26.3 Å². The summed E-state index contributed by atoms with van der Waals surface area (Å²) in [4.78, 5) is 12.9. The van der Waals surface area contributed by atoms with Gasteiger partial charge >= 0.3 is 0 Å². The second-order valence-electron chi connectivity index (χ2n) is 6.95. The Morgan fingerprint density at radius 1 is 1.04 bits per heavy atom. The van der Waals surface area contributed by atoms with Crippen LogP contribution in [-0.2, 0) is 12.8 Å². The summed E-state index contributed by atoms with van der Waals surface area (Å²) in [6.07, 6.45) is 4.87. The van der Waals surface area contributed by atoms with Gasteiger partial charge in [-0.3, -0.25) is 0 Å². The molecule has 4 aromatic rings. The highest BCUT2D eigenvalue weighted by Gasteiger charge is 2.26. The normalized spacial score (nSPS) is 16.2. The third kappa shape index (κ3) is 3.45. The zero-order chi connectivity index (χ0) is 19.1. The Labute approximate surface area is 180 Å². The largest absolute Gasteiger partial charge is 0.508 e. The van der Waals surface area contributed by atoms with Crippen LogP contribution in [0.3, 0.4) is 0 Å². The van der Waals surface area contributed by atoms with Crippen molar-refractivity contribution in [2.24, 2.45) is 0 Å². The quantitative estimate of drug-likeness (QED) is 0.344. The van der Waals surface area contributed by atoms with Gasteiger partial charge in [-0.1, -0.05) is 39.8 Å². The van der Waals surface area contributed by atoms with Gasteiger partial charge in [0.15, 0.2) is 0 Å². The first-order valence-electron chi connectivity index (χ1n) is 9.15. The van der Waals surface area contributed by atoms with Crippen molar-refractivity contribution in [3.63, 3.8) is 0 Å². The van der Waals surface area contributed by atoms with E-state index in [2.05, 4.69) is 50.2 Å². The lowest BCUT2D eigenvalue weighted by atomic mass is 9.83. The van der Waals surface area contributed by atoms with Crippen LogP contribution in [0.1, 0.15) is 28.3 Å². The molecule has 140 valence electrons. The maximum Gasteiger partial charge on any atom is 0.128 e. The highest BCUT2D eigenvalue weighted by molar-refractivity contribution is 9.10. The van der Waals surface area contributed by atoms with E-state index < -0.39 is 0 Å². The van der Waals surface area contributed by atoms with E-state index in [0.717, 1.165) is 33.6 Å². The van der Waals surface area contributed by atoms with Crippen LogP contribution in [0, 0.1) is 0 Å². The summed E-state index contributed by atoms with van der Waals surface area (Å²) in [5.41, 5.74) is 2.73. The van der Waals surface area contributed by atoms with Crippen molar-refractivity contribution in [1.29, 1.82) is 0 Å². The van der Waals surface area contributed by atoms with Crippen molar-refractivity contribution >= 4 is 49.2 Å². The van der Waals surface area contributed by atoms with Crippen molar-refractivity contribution in [2.45, 2.75) is 35.1 Å². The van der Waals surface area contributed by atoms with Crippen LogP contribution in [0.5, 0.6) is 5.75 Å². The van der Waals surface area contributed by atoms with Gasteiger partial charge in [0.25, 0.3) is 0 Å². The fourth-order valence-corrected chi connectivity index (χ4v) is 6.32. The predicted octanol–water partition coefficient (Wildman–Crippen LogP) is 6.58. The van der Waals surface area contributed by atoms with Gasteiger partial charge in [0.05, 0.1) is 0 Å². The summed E-state index contributed by atoms with van der Waals surface area (Å²) in [6, 6.07) is 16.0. The molecular formula is C22H17BrN2OS2. The third-order valence-electron chi connectivity index (χ3n) is 5.20. The molecule has 3 nitrogen and oxygen atoms in total. The second kappa shape index (κ2) is 7.50. The number of phenolic OH excluding ortho intramolecular Hbond substituents is 1. The van der Waals surface area contributed by atoms with Crippen LogP contribution in [0.25, 0.3) is 10.2 Å². The lowest BCUT2D eigenvalue weighted by Gasteiger charge is -2.22. The maximum absolute atomic E-state index is 9.56. The Kier molecular flexibility index (Phi) is 4.87. The van der Waals surface area contributed by atoms with Gasteiger partial charge in [0, 0.05) is 19.6 Å². The Morgan fingerprint density at radius 3 is 2.61 bits per heavy atom. The monoisotopic (exact) mass is 468 g/mol. The van der Waals surface area contributed by atoms with E-state index in [-0.39, 0.29) is 0 Å². The zero-order valence-electron chi connectivity index (χ0n) is 14.9. The van der Waals surface area contributed by atoms with Gasteiger partial charge in [-0.25, -0.2) is 9.97 Å². The number of thiophene rings is 1. The standard InChI is InChI=1S/C22H17BrN2OS2/c23-15-4-8-17(9-5-15)27-21-20-18-10-3-14(13-1-6-16(26)7-2-13)11-19(18)28-22(20)25-12-24-21/h1-2,4-9,12,14,26H,3,10-11H2. The van der Waals surface area contributed by atoms with Crippen LogP contribution in [0.2, 0.25) is 0 Å². The molecule has 2 aromatic heterocycles. The minimum Gasteiger partial charge on any atom is -0.508 e. The highest BCUT2D eigenvalue weighted by atomic mass is 79.9. The molecule has 5 rings (SSSR count). The molecule has 0 bridgehead atoms. The zero-order valence-corrected chi connectivity index (χ0v) is 18.1. The summed E-state index contributed by atoms with van der Waals surface area (Å²) >= 11 is 7.01. The van der Waals surface area contributed by atoms with E-state index in [0.29, 0.717) is 11.7 Å². The molecule has 1 N–H and O–H groups in total. The summed E-state index contributed by atoms with van der Waals surface area (Å²) in [7, 11) is 0. The van der Waals surface area contributed by atoms with Gasteiger partial charge in [-0.05, 0) is 72.7 Å². The Bertz CT molecular complexity index is 1140. The molecule has 1 aliphatic carbocycles. The number of nitrogens with zero attached hydrogens (tertiary/aromatic N) is 2. The Morgan fingerprint density at radius 2 is 1.82 bits per heavy atom. The van der Waals surface area contributed by atoms with Gasteiger partial charge in [0.1, 0.15) is 21.9 Å². The van der Waals surface area contributed by atoms with Crippen LogP contribution < -0.4 is 0 Å². The first-order chi connectivity index (χ1) is 13.7. The molecule has 1 atom stereocenters. The van der Waals surface area contributed by atoms with Gasteiger partial charge in [-0.2, -0.15) is 0 Å². The molecule has 0 aliphatic heterocycles. The van der Waals surface area contributed by atoms with Gasteiger partial charge in [0.2, 0.25) is 0 Å². The molecule has 0 saturated carbocycles. The number of phenols is 1. The number of aromatic hydroxyl groups is 1. The fourth-order valence-electron chi connectivity index (χ4n) is 3.80. The average Bonchev–Trinajstić information content (AvgIpc) is 3.09. The minimum absolute atomic E-state index is 0.326. The molecule has 1 aliphatic rings. The SMILES string of the molecule is Oc1ccc(C2CCc3c(sc4ncnc(Sc5ccc(Br)cc5)c34)C2)cc1. The lowest BCUT2D eigenvalue weighted by Crippen LogP contribution is -2.10. The molecule has 2 aromatic carbocycles. The second-order valence-corrected chi connectivity index (χ2v) is 10.0. The van der Waals surface area contributed by atoms with Crippen molar-refractivity contribution < 1.29 is 5.11 Å². The number of halogens is 1. The molecule has 1 unspecified atom stereocenters. The molecule has 0 amide bonds. The van der Waals surface area contributed by atoms with E-state index in [1.807, 2.05) is 23.5 Å².